The molecule has 1 fully saturated rings. The second-order valence-corrected chi connectivity index (χ2v) is 3.74. The highest BCUT2D eigenvalue weighted by molar-refractivity contribution is 6.30. The van der Waals surface area contributed by atoms with Gasteiger partial charge >= 0.3 is 5.97 Å². The van der Waals surface area contributed by atoms with Gasteiger partial charge in [-0.05, 0) is 30.7 Å². The minimum atomic E-state index is -0.913. The van der Waals surface area contributed by atoms with E-state index in [9.17, 15) is 4.79 Å². The largest absolute Gasteiger partial charge is 0.423 e. The van der Waals surface area contributed by atoms with Gasteiger partial charge in [-0.15, -0.1) is 0 Å². The van der Waals surface area contributed by atoms with Gasteiger partial charge in [0, 0.05) is 5.02 Å². The Labute approximate surface area is 98.1 Å². The van der Waals surface area contributed by atoms with Crippen molar-refractivity contribution >= 4 is 17.6 Å². The highest BCUT2D eigenvalue weighted by atomic mass is 35.5. The average molecular weight is 243 g/mol. The summed E-state index contributed by atoms with van der Waals surface area (Å²) in [6, 6.07) is 6.52. The van der Waals surface area contributed by atoms with E-state index in [1.165, 1.54) is 0 Å². The molecule has 1 saturated heterocycles. The van der Waals surface area contributed by atoms with Crippen LogP contribution in [0, 0.1) is 0 Å². The van der Waals surface area contributed by atoms with E-state index in [-0.39, 0.29) is 0 Å². The first-order chi connectivity index (χ1) is 7.75. The molecule has 86 valence electrons. The van der Waals surface area contributed by atoms with E-state index >= 15 is 0 Å². The van der Waals surface area contributed by atoms with Gasteiger partial charge in [0.05, 0.1) is 13.2 Å². The first-order valence-electron chi connectivity index (χ1n) is 4.96. The molecular weight excluding hydrogens is 232 g/mol. The normalized spacial score (nSPS) is 17.1. The van der Waals surface area contributed by atoms with Crippen LogP contribution in [0.2, 0.25) is 5.02 Å². The Morgan fingerprint density at radius 2 is 1.88 bits per heavy atom. The summed E-state index contributed by atoms with van der Waals surface area (Å²) in [4.78, 5) is 11.5. The van der Waals surface area contributed by atoms with Crippen LogP contribution in [0.4, 0.5) is 0 Å². The van der Waals surface area contributed by atoms with Gasteiger partial charge in [0.15, 0.2) is 0 Å². The molecule has 0 N–H and O–H groups in total. The number of rotatable bonds is 2. The quantitative estimate of drug-likeness (QED) is 0.588. The molecule has 4 nitrogen and oxygen atoms in total. The van der Waals surface area contributed by atoms with E-state index in [4.69, 9.17) is 25.8 Å². The first-order valence-corrected chi connectivity index (χ1v) is 5.34. The SMILES string of the molecule is O=C(Oc1ccc(Cl)cc1)C1OCCCO1. The second kappa shape index (κ2) is 5.30. The van der Waals surface area contributed by atoms with Crippen molar-refractivity contribution in [3.8, 4) is 5.75 Å². The van der Waals surface area contributed by atoms with Crippen molar-refractivity contribution in [3.05, 3.63) is 29.3 Å². The van der Waals surface area contributed by atoms with Crippen molar-refractivity contribution in [3.63, 3.8) is 0 Å². The Kier molecular flexibility index (Phi) is 3.77. The Balaban J connectivity index is 1.93. The standard InChI is InChI=1S/C11H11ClO4/c12-8-2-4-9(5-3-8)16-10(13)11-14-6-1-7-15-11/h2-5,11H,1,6-7H2. The average Bonchev–Trinajstić information content (AvgIpc) is 2.33. The zero-order valence-corrected chi connectivity index (χ0v) is 9.27. The number of hydrogen-bond acceptors (Lipinski definition) is 4. The minimum Gasteiger partial charge on any atom is -0.423 e. The number of carbonyl (C=O) groups excluding carboxylic acids is 1. The van der Waals surface area contributed by atoms with Crippen LogP contribution >= 0.6 is 11.6 Å². The number of ether oxygens (including phenoxy) is 3. The van der Waals surface area contributed by atoms with Crippen molar-refractivity contribution in [1.29, 1.82) is 0 Å². The van der Waals surface area contributed by atoms with Crippen LogP contribution in [0.5, 0.6) is 5.75 Å². The van der Waals surface area contributed by atoms with E-state index in [0.717, 1.165) is 6.42 Å². The maximum Gasteiger partial charge on any atom is 0.368 e. The van der Waals surface area contributed by atoms with E-state index in [1.54, 1.807) is 24.3 Å². The number of benzene rings is 1. The third kappa shape index (κ3) is 2.95. The highest BCUT2D eigenvalue weighted by Gasteiger charge is 2.24. The lowest BCUT2D eigenvalue weighted by molar-refractivity contribution is -0.202. The van der Waals surface area contributed by atoms with Crippen LogP contribution in [-0.2, 0) is 14.3 Å². The second-order valence-electron chi connectivity index (χ2n) is 3.30. The van der Waals surface area contributed by atoms with Crippen molar-refractivity contribution in [2.75, 3.05) is 13.2 Å². The van der Waals surface area contributed by atoms with Crippen molar-refractivity contribution in [2.45, 2.75) is 12.7 Å². The lowest BCUT2D eigenvalue weighted by Gasteiger charge is -2.21. The fraction of sp³-hybridized carbons (Fsp3) is 0.364. The topological polar surface area (TPSA) is 44.8 Å². The Morgan fingerprint density at radius 3 is 2.50 bits per heavy atom. The van der Waals surface area contributed by atoms with Crippen molar-refractivity contribution < 1.29 is 19.0 Å². The highest BCUT2D eigenvalue weighted by Crippen LogP contribution is 2.17. The molecule has 0 bridgehead atoms. The molecule has 1 aromatic carbocycles. The minimum absolute atomic E-state index is 0.423. The summed E-state index contributed by atoms with van der Waals surface area (Å²) in [5, 5.41) is 0.588. The van der Waals surface area contributed by atoms with Crippen LogP contribution in [0.15, 0.2) is 24.3 Å². The summed E-state index contributed by atoms with van der Waals surface area (Å²) in [7, 11) is 0. The van der Waals surface area contributed by atoms with Gasteiger partial charge < -0.3 is 14.2 Å². The summed E-state index contributed by atoms with van der Waals surface area (Å²) >= 11 is 5.71. The zero-order chi connectivity index (χ0) is 11.4. The lowest BCUT2D eigenvalue weighted by atomic mass is 10.3. The van der Waals surface area contributed by atoms with Crippen molar-refractivity contribution in [1.82, 2.24) is 0 Å². The summed E-state index contributed by atoms with van der Waals surface area (Å²) in [6.07, 6.45) is -0.116. The molecule has 5 heteroatoms. The number of carbonyl (C=O) groups is 1. The number of esters is 1. The van der Waals surface area contributed by atoms with Gasteiger partial charge in [-0.25, -0.2) is 4.79 Å². The van der Waals surface area contributed by atoms with Gasteiger partial charge in [-0.2, -0.15) is 0 Å². The molecule has 0 saturated carbocycles. The Hall–Kier alpha value is -1.10. The Morgan fingerprint density at radius 1 is 1.25 bits per heavy atom. The van der Waals surface area contributed by atoms with E-state index in [2.05, 4.69) is 0 Å². The summed E-state index contributed by atoms with van der Waals surface area (Å²) in [5.41, 5.74) is 0. The third-order valence-corrected chi connectivity index (χ3v) is 2.30. The molecule has 2 rings (SSSR count). The third-order valence-electron chi connectivity index (χ3n) is 2.05. The smallest absolute Gasteiger partial charge is 0.368 e. The maximum atomic E-state index is 11.5. The molecular formula is C11H11ClO4. The van der Waals surface area contributed by atoms with E-state index in [1.807, 2.05) is 0 Å². The number of hydrogen-bond donors (Lipinski definition) is 0. The van der Waals surface area contributed by atoms with Gasteiger partial charge in [0.25, 0.3) is 6.29 Å². The predicted molar refractivity (Wildman–Crippen MR) is 57.4 cm³/mol. The summed E-state index contributed by atoms with van der Waals surface area (Å²) in [5.74, 6) is -0.116. The Bertz CT molecular complexity index is 357. The van der Waals surface area contributed by atoms with Gasteiger partial charge in [-0.1, -0.05) is 11.6 Å². The fourth-order valence-corrected chi connectivity index (χ4v) is 1.42. The summed E-state index contributed by atoms with van der Waals surface area (Å²) < 4.78 is 15.3. The van der Waals surface area contributed by atoms with E-state index < -0.39 is 12.3 Å². The molecule has 0 aliphatic carbocycles. The maximum absolute atomic E-state index is 11.5. The van der Waals surface area contributed by atoms with Crippen LogP contribution in [0.1, 0.15) is 6.42 Å². The fourth-order valence-electron chi connectivity index (χ4n) is 1.29. The molecule has 0 spiro atoms. The molecule has 0 atom stereocenters. The van der Waals surface area contributed by atoms with E-state index in [0.29, 0.717) is 24.0 Å². The molecule has 1 aromatic rings. The molecule has 1 aliphatic heterocycles. The van der Waals surface area contributed by atoms with Crippen LogP contribution in [0.3, 0.4) is 0 Å². The molecule has 1 heterocycles. The summed E-state index contributed by atoms with van der Waals surface area (Å²) in [6.45, 7) is 1.03. The predicted octanol–water partition coefficient (Wildman–Crippen LogP) is 2.01. The van der Waals surface area contributed by atoms with Crippen molar-refractivity contribution in [2.24, 2.45) is 0 Å². The molecule has 16 heavy (non-hydrogen) atoms. The van der Waals surface area contributed by atoms with Gasteiger partial charge in [0.1, 0.15) is 5.75 Å². The molecule has 1 aliphatic rings. The van der Waals surface area contributed by atoms with Crippen LogP contribution < -0.4 is 4.74 Å². The molecule has 0 aromatic heterocycles. The van der Waals surface area contributed by atoms with Gasteiger partial charge in [-0.3, -0.25) is 0 Å². The van der Waals surface area contributed by atoms with Gasteiger partial charge in [0.2, 0.25) is 0 Å². The lowest BCUT2D eigenvalue weighted by Crippen LogP contribution is -2.35. The number of halogens is 1. The monoisotopic (exact) mass is 242 g/mol. The zero-order valence-electron chi connectivity index (χ0n) is 8.52. The van der Waals surface area contributed by atoms with Crippen LogP contribution in [0.25, 0.3) is 0 Å². The van der Waals surface area contributed by atoms with Crippen LogP contribution in [-0.4, -0.2) is 25.5 Å². The molecule has 0 radical (unpaired) electrons. The molecule has 0 amide bonds. The first kappa shape index (κ1) is 11.4. The molecule has 0 unspecified atom stereocenters.